The minimum Gasteiger partial charge on any atom is -0.465 e. The summed E-state index contributed by atoms with van der Waals surface area (Å²) in [6.07, 6.45) is 0.843. The largest absolute Gasteiger partial charge is 0.494 e. The van der Waals surface area contributed by atoms with Crippen LogP contribution >= 0.6 is 0 Å². The maximum absolute atomic E-state index is 12.6. The van der Waals surface area contributed by atoms with E-state index in [1.807, 2.05) is 65.8 Å². The predicted molar refractivity (Wildman–Crippen MR) is 110 cm³/mol. The van der Waals surface area contributed by atoms with E-state index in [0.717, 1.165) is 17.4 Å². The summed E-state index contributed by atoms with van der Waals surface area (Å²) >= 11 is 0. The molecule has 0 N–H and O–H groups in total. The Hall–Kier alpha value is -1.33. The van der Waals surface area contributed by atoms with Crippen LogP contribution in [0.1, 0.15) is 74.3 Å². The standard InChI is InChI=1S/C22H35BO4/c1-19(2,3)14-15-25-18(24)20(4,5)16-10-12-17(13-11-16)23-26-21(6,7)22(8,9)27-23/h10-13H,14-15H2,1-9H3. The minimum absolute atomic E-state index is 0.148. The maximum Gasteiger partial charge on any atom is 0.494 e. The van der Waals surface area contributed by atoms with Crippen LogP contribution in [0.15, 0.2) is 24.3 Å². The highest BCUT2D eigenvalue weighted by atomic mass is 16.7. The fraction of sp³-hybridized carbons (Fsp3) is 0.682. The lowest BCUT2D eigenvalue weighted by Gasteiger charge is -2.32. The molecular weight excluding hydrogens is 339 g/mol. The van der Waals surface area contributed by atoms with Gasteiger partial charge in [-0.15, -0.1) is 0 Å². The molecule has 0 bridgehead atoms. The highest BCUT2D eigenvalue weighted by Gasteiger charge is 2.51. The summed E-state index contributed by atoms with van der Waals surface area (Å²) in [5.41, 5.74) is 0.582. The minimum atomic E-state index is -0.702. The van der Waals surface area contributed by atoms with Gasteiger partial charge in [-0.1, -0.05) is 45.0 Å². The molecule has 1 fully saturated rings. The van der Waals surface area contributed by atoms with Crippen molar-refractivity contribution in [2.24, 2.45) is 5.41 Å². The second kappa shape index (κ2) is 7.25. The van der Waals surface area contributed by atoms with Crippen molar-refractivity contribution in [2.45, 2.75) is 85.4 Å². The van der Waals surface area contributed by atoms with Gasteiger partial charge in [0, 0.05) is 0 Å². The summed E-state index contributed by atoms with van der Waals surface area (Å²) in [6, 6.07) is 7.88. The van der Waals surface area contributed by atoms with Gasteiger partial charge in [-0.05, 0) is 64.4 Å². The van der Waals surface area contributed by atoms with Crippen LogP contribution in [0, 0.1) is 5.41 Å². The van der Waals surface area contributed by atoms with E-state index in [9.17, 15) is 4.79 Å². The van der Waals surface area contributed by atoms with Crippen LogP contribution in [0.3, 0.4) is 0 Å². The Kier molecular flexibility index (Phi) is 5.90. The van der Waals surface area contributed by atoms with Crippen molar-refractivity contribution in [3.63, 3.8) is 0 Å². The third-order valence-corrected chi connectivity index (χ3v) is 5.75. The van der Waals surface area contributed by atoms with Gasteiger partial charge in [0.15, 0.2) is 0 Å². The number of carbonyl (C=O) groups is 1. The highest BCUT2D eigenvalue weighted by molar-refractivity contribution is 6.62. The third-order valence-electron chi connectivity index (χ3n) is 5.75. The van der Waals surface area contributed by atoms with E-state index in [1.165, 1.54) is 0 Å². The van der Waals surface area contributed by atoms with Gasteiger partial charge in [-0.25, -0.2) is 0 Å². The van der Waals surface area contributed by atoms with Gasteiger partial charge in [0.2, 0.25) is 0 Å². The van der Waals surface area contributed by atoms with Crippen LogP contribution in [0.4, 0.5) is 0 Å². The molecule has 0 unspecified atom stereocenters. The van der Waals surface area contributed by atoms with Gasteiger partial charge in [-0.3, -0.25) is 4.79 Å². The fourth-order valence-corrected chi connectivity index (χ4v) is 2.78. The van der Waals surface area contributed by atoms with Crippen molar-refractivity contribution in [3.05, 3.63) is 29.8 Å². The van der Waals surface area contributed by atoms with Crippen LogP contribution in [0.5, 0.6) is 0 Å². The van der Waals surface area contributed by atoms with Gasteiger partial charge in [0.25, 0.3) is 0 Å². The van der Waals surface area contributed by atoms with Gasteiger partial charge in [0.1, 0.15) is 0 Å². The molecule has 0 aromatic heterocycles. The Morgan fingerprint density at radius 1 is 0.963 bits per heavy atom. The number of ether oxygens (including phenoxy) is 1. The van der Waals surface area contributed by atoms with Crippen molar-refractivity contribution >= 4 is 18.6 Å². The molecule has 4 nitrogen and oxygen atoms in total. The highest BCUT2D eigenvalue weighted by Crippen LogP contribution is 2.36. The van der Waals surface area contributed by atoms with Crippen molar-refractivity contribution in [2.75, 3.05) is 6.61 Å². The number of rotatable bonds is 5. The Bertz CT molecular complexity index is 653. The van der Waals surface area contributed by atoms with Crippen LogP contribution in [0.2, 0.25) is 0 Å². The summed E-state index contributed by atoms with van der Waals surface area (Å²) in [5.74, 6) is -0.199. The average Bonchev–Trinajstić information content (AvgIpc) is 2.74. The van der Waals surface area contributed by atoms with Gasteiger partial charge in [0.05, 0.1) is 23.2 Å². The number of hydrogen-bond donors (Lipinski definition) is 0. The molecule has 0 atom stereocenters. The number of carbonyl (C=O) groups excluding carboxylic acids is 1. The smallest absolute Gasteiger partial charge is 0.465 e. The van der Waals surface area contributed by atoms with Gasteiger partial charge in [-0.2, -0.15) is 0 Å². The molecule has 150 valence electrons. The Morgan fingerprint density at radius 3 is 1.89 bits per heavy atom. The molecule has 0 aliphatic carbocycles. The zero-order valence-corrected chi connectivity index (χ0v) is 18.4. The van der Waals surface area contributed by atoms with Gasteiger partial charge < -0.3 is 14.0 Å². The first-order valence-corrected chi connectivity index (χ1v) is 9.79. The molecule has 2 rings (SSSR count). The van der Waals surface area contributed by atoms with Crippen molar-refractivity contribution in [1.29, 1.82) is 0 Å². The molecule has 1 aromatic carbocycles. The monoisotopic (exact) mass is 374 g/mol. The van der Waals surface area contributed by atoms with E-state index in [4.69, 9.17) is 14.0 Å². The molecule has 0 saturated carbocycles. The molecule has 27 heavy (non-hydrogen) atoms. The molecule has 0 amide bonds. The molecule has 1 aromatic rings. The molecule has 1 saturated heterocycles. The van der Waals surface area contributed by atoms with Gasteiger partial charge >= 0.3 is 13.1 Å². The molecule has 0 radical (unpaired) electrons. The first kappa shape index (κ1) is 22.0. The summed E-state index contributed by atoms with van der Waals surface area (Å²) in [7, 11) is -0.397. The number of benzene rings is 1. The second-order valence-corrected chi connectivity index (χ2v) is 10.3. The summed E-state index contributed by atoms with van der Waals surface area (Å²) in [4.78, 5) is 12.6. The first-order valence-electron chi connectivity index (χ1n) is 9.79. The van der Waals surface area contributed by atoms with E-state index in [1.54, 1.807) is 0 Å². The summed E-state index contributed by atoms with van der Waals surface area (Å²) < 4.78 is 17.7. The molecule has 1 aliphatic rings. The van der Waals surface area contributed by atoms with E-state index < -0.39 is 12.5 Å². The third kappa shape index (κ3) is 4.94. The predicted octanol–water partition coefficient (Wildman–Crippen LogP) is 4.24. The van der Waals surface area contributed by atoms with E-state index >= 15 is 0 Å². The van der Waals surface area contributed by atoms with E-state index in [-0.39, 0.29) is 22.6 Å². The van der Waals surface area contributed by atoms with Crippen LogP contribution in [0.25, 0.3) is 0 Å². The SMILES string of the molecule is CC(C)(C)CCOC(=O)C(C)(C)c1ccc(B2OC(C)(C)C(C)(C)O2)cc1. The lowest BCUT2D eigenvalue weighted by atomic mass is 9.76. The fourth-order valence-electron chi connectivity index (χ4n) is 2.78. The van der Waals surface area contributed by atoms with Crippen molar-refractivity contribution < 1.29 is 18.8 Å². The Labute approximate surface area is 165 Å². The topological polar surface area (TPSA) is 44.8 Å². The quantitative estimate of drug-likeness (QED) is 0.571. The van der Waals surface area contributed by atoms with Crippen LogP contribution in [-0.4, -0.2) is 30.9 Å². The normalized spacial score (nSPS) is 19.2. The lowest BCUT2D eigenvalue weighted by Crippen LogP contribution is -2.41. The molecule has 1 heterocycles. The maximum atomic E-state index is 12.6. The van der Waals surface area contributed by atoms with Crippen molar-refractivity contribution in [3.8, 4) is 0 Å². The zero-order chi connectivity index (χ0) is 20.7. The first-order chi connectivity index (χ1) is 12.2. The average molecular weight is 374 g/mol. The van der Waals surface area contributed by atoms with Crippen LogP contribution < -0.4 is 5.46 Å². The lowest BCUT2D eigenvalue weighted by molar-refractivity contribution is -0.150. The van der Waals surface area contributed by atoms with Crippen molar-refractivity contribution in [1.82, 2.24) is 0 Å². The summed E-state index contributed by atoms with van der Waals surface area (Å²) in [5, 5.41) is 0. The molecule has 1 aliphatic heterocycles. The Morgan fingerprint density at radius 2 is 1.44 bits per heavy atom. The summed E-state index contributed by atoms with van der Waals surface area (Å²) in [6.45, 7) is 18.8. The van der Waals surface area contributed by atoms with E-state index in [0.29, 0.717) is 6.61 Å². The zero-order valence-electron chi connectivity index (χ0n) is 18.4. The number of esters is 1. The number of hydrogen-bond acceptors (Lipinski definition) is 4. The van der Waals surface area contributed by atoms with E-state index in [2.05, 4.69) is 20.8 Å². The second-order valence-electron chi connectivity index (χ2n) is 10.3. The van der Waals surface area contributed by atoms with Crippen LogP contribution in [-0.2, 0) is 24.3 Å². The molecule has 0 spiro atoms. The molecular formula is C22H35BO4. The Balaban J connectivity index is 2.06. The molecule has 5 heteroatoms.